The van der Waals surface area contributed by atoms with Crippen LogP contribution in [0.3, 0.4) is 0 Å². The molecule has 1 unspecified atom stereocenters. The summed E-state index contributed by atoms with van der Waals surface area (Å²) in [6, 6.07) is 0. The summed E-state index contributed by atoms with van der Waals surface area (Å²) in [4.78, 5) is 9.96. The lowest BCUT2D eigenvalue weighted by Gasteiger charge is -1.90. The zero-order valence-corrected chi connectivity index (χ0v) is 6.36. The standard InChI is InChI=1S/C4H4O2.C3H8O2/c5-4-2-1-3-6-4;1-3(5)2-4/h1,3H,2H2;3-5H,2H2,1H3. The van der Waals surface area contributed by atoms with Crippen LogP contribution < -0.4 is 0 Å². The van der Waals surface area contributed by atoms with Crippen LogP contribution in [0, 0.1) is 0 Å². The maximum atomic E-state index is 9.96. The van der Waals surface area contributed by atoms with Gasteiger partial charge >= 0.3 is 5.97 Å². The van der Waals surface area contributed by atoms with Crippen LogP contribution in [0.5, 0.6) is 0 Å². The van der Waals surface area contributed by atoms with E-state index in [9.17, 15) is 4.79 Å². The highest BCUT2D eigenvalue weighted by Crippen LogP contribution is 1.96. The van der Waals surface area contributed by atoms with Gasteiger partial charge in [-0.1, -0.05) is 0 Å². The number of esters is 1. The van der Waals surface area contributed by atoms with Crippen molar-refractivity contribution in [2.45, 2.75) is 19.4 Å². The van der Waals surface area contributed by atoms with E-state index in [0.717, 1.165) is 0 Å². The van der Waals surface area contributed by atoms with Gasteiger partial charge in [-0.2, -0.15) is 0 Å². The Morgan fingerprint density at radius 2 is 2.36 bits per heavy atom. The predicted octanol–water partition coefficient (Wildman–Crippen LogP) is -0.194. The minimum Gasteiger partial charge on any atom is -0.435 e. The topological polar surface area (TPSA) is 66.8 Å². The smallest absolute Gasteiger partial charge is 0.314 e. The Morgan fingerprint density at radius 3 is 2.45 bits per heavy atom. The van der Waals surface area contributed by atoms with Crippen LogP contribution in [0.2, 0.25) is 0 Å². The number of cyclic esters (lactones) is 1. The highest BCUT2D eigenvalue weighted by Gasteiger charge is 2.00. The van der Waals surface area contributed by atoms with E-state index in [0.29, 0.717) is 6.42 Å². The van der Waals surface area contributed by atoms with Gasteiger partial charge in [0, 0.05) is 0 Å². The Labute approximate surface area is 65.1 Å². The maximum absolute atomic E-state index is 9.96. The molecule has 1 atom stereocenters. The number of carbonyl (C=O) groups excluding carboxylic acids is 1. The van der Waals surface area contributed by atoms with E-state index >= 15 is 0 Å². The number of hydrogen-bond donors (Lipinski definition) is 2. The molecule has 0 aromatic heterocycles. The van der Waals surface area contributed by atoms with E-state index in [-0.39, 0.29) is 12.6 Å². The molecule has 1 rings (SSSR count). The number of hydrogen-bond acceptors (Lipinski definition) is 4. The SMILES string of the molecule is CC(O)CO.O=C1CC=CO1. The monoisotopic (exact) mass is 160 g/mol. The summed E-state index contributed by atoms with van der Waals surface area (Å²) in [6.45, 7) is 1.39. The molecule has 11 heavy (non-hydrogen) atoms. The highest BCUT2D eigenvalue weighted by atomic mass is 16.5. The second-order valence-corrected chi connectivity index (χ2v) is 2.10. The van der Waals surface area contributed by atoms with Crippen molar-refractivity contribution in [1.82, 2.24) is 0 Å². The molecule has 0 saturated heterocycles. The van der Waals surface area contributed by atoms with Crippen molar-refractivity contribution in [1.29, 1.82) is 0 Å². The van der Waals surface area contributed by atoms with Crippen molar-refractivity contribution < 1.29 is 19.7 Å². The van der Waals surface area contributed by atoms with E-state index in [1.165, 1.54) is 13.2 Å². The molecule has 0 radical (unpaired) electrons. The van der Waals surface area contributed by atoms with Gasteiger partial charge in [-0.15, -0.1) is 0 Å². The Morgan fingerprint density at radius 1 is 1.82 bits per heavy atom. The van der Waals surface area contributed by atoms with Crippen LogP contribution in [-0.4, -0.2) is 28.9 Å². The van der Waals surface area contributed by atoms with E-state index in [2.05, 4.69) is 4.74 Å². The van der Waals surface area contributed by atoms with E-state index in [1.54, 1.807) is 6.08 Å². The maximum Gasteiger partial charge on any atom is 0.314 e. The third-order valence-electron chi connectivity index (χ3n) is 0.844. The molecule has 0 fully saturated rings. The molecule has 0 aromatic rings. The Balaban J connectivity index is 0.000000187. The molecule has 1 heterocycles. The third kappa shape index (κ3) is 7.02. The summed E-state index contributed by atoms with van der Waals surface area (Å²) in [5.74, 6) is -0.157. The van der Waals surface area contributed by atoms with Crippen molar-refractivity contribution >= 4 is 5.97 Å². The first-order valence-electron chi connectivity index (χ1n) is 3.30. The van der Waals surface area contributed by atoms with Gasteiger partial charge in [-0.05, 0) is 13.0 Å². The summed E-state index contributed by atoms with van der Waals surface area (Å²) in [7, 11) is 0. The Bertz CT molecular complexity index is 129. The molecule has 1 aliphatic heterocycles. The first-order valence-corrected chi connectivity index (χ1v) is 3.30. The van der Waals surface area contributed by atoms with Gasteiger partial charge in [-0.25, -0.2) is 0 Å². The first-order chi connectivity index (χ1) is 5.16. The molecule has 0 amide bonds. The Kier molecular flexibility index (Phi) is 5.42. The van der Waals surface area contributed by atoms with Gasteiger partial charge in [-0.3, -0.25) is 4.79 Å². The fraction of sp³-hybridized carbons (Fsp3) is 0.571. The number of aliphatic hydroxyl groups excluding tert-OH is 2. The van der Waals surface area contributed by atoms with Crippen molar-refractivity contribution in [3.05, 3.63) is 12.3 Å². The molecule has 64 valence electrons. The fourth-order valence-electron chi connectivity index (χ4n) is 0.316. The van der Waals surface area contributed by atoms with Crippen LogP contribution in [0.4, 0.5) is 0 Å². The molecule has 4 heteroatoms. The molecule has 0 spiro atoms. The molecule has 0 saturated carbocycles. The minimum atomic E-state index is -0.560. The lowest BCUT2D eigenvalue weighted by molar-refractivity contribution is -0.135. The van der Waals surface area contributed by atoms with Crippen molar-refractivity contribution in [2.75, 3.05) is 6.61 Å². The van der Waals surface area contributed by atoms with Crippen LogP contribution in [0.1, 0.15) is 13.3 Å². The quantitative estimate of drug-likeness (QED) is 0.521. The number of aliphatic hydroxyl groups is 2. The highest BCUT2D eigenvalue weighted by molar-refractivity contribution is 5.73. The largest absolute Gasteiger partial charge is 0.435 e. The lowest BCUT2D eigenvalue weighted by atomic mass is 10.5. The molecule has 4 nitrogen and oxygen atoms in total. The average molecular weight is 160 g/mol. The summed E-state index contributed by atoms with van der Waals surface area (Å²) in [5.41, 5.74) is 0. The third-order valence-corrected chi connectivity index (χ3v) is 0.844. The van der Waals surface area contributed by atoms with Crippen LogP contribution in [0.25, 0.3) is 0 Å². The molecular weight excluding hydrogens is 148 g/mol. The summed E-state index contributed by atoms with van der Waals surface area (Å²) in [5, 5.41) is 16.0. The summed E-state index contributed by atoms with van der Waals surface area (Å²) in [6.07, 6.45) is 2.97. The predicted molar refractivity (Wildman–Crippen MR) is 38.6 cm³/mol. The normalized spacial score (nSPS) is 16.8. The Hall–Kier alpha value is -0.870. The van der Waals surface area contributed by atoms with Gasteiger partial charge in [0.25, 0.3) is 0 Å². The molecule has 1 aliphatic rings. The minimum absolute atomic E-state index is 0.139. The van der Waals surface area contributed by atoms with Crippen LogP contribution >= 0.6 is 0 Å². The lowest BCUT2D eigenvalue weighted by Crippen LogP contribution is -2.03. The molecule has 0 aliphatic carbocycles. The van der Waals surface area contributed by atoms with Crippen LogP contribution in [0.15, 0.2) is 12.3 Å². The van der Waals surface area contributed by atoms with Crippen molar-refractivity contribution in [2.24, 2.45) is 0 Å². The second-order valence-electron chi connectivity index (χ2n) is 2.10. The van der Waals surface area contributed by atoms with Gasteiger partial charge < -0.3 is 14.9 Å². The van der Waals surface area contributed by atoms with E-state index in [1.807, 2.05) is 0 Å². The van der Waals surface area contributed by atoms with E-state index in [4.69, 9.17) is 10.2 Å². The van der Waals surface area contributed by atoms with Gasteiger partial charge in [0.15, 0.2) is 0 Å². The molecule has 0 bridgehead atoms. The summed E-state index contributed by atoms with van der Waals surface area (Å²) < 4.78 is 4.33. The summed E-state index contributed by atoms with van der Waals surface area (Å²) >= 11 is 0. The molecular formula is C7H12O4. The first kappa shape index (κ1) is 10.1. The number of ether oxygens (including phenoxy) is 1. The van der Waals surface area contributed by atoms with Gasteiger partial charge in [0.05, 0.1) is 25.4 Å². The van der Waals surface area contributed by atoms with E-state index < -0.39 is 6.10 Å². The molecule has 0 aromatic carbocycles. The second kappa shape index (κ2) is 5.88. The average Bonchev–Trinajstić information content (AvgIpc) is 2.41. The zero-order valence-electron chi connectivity index (χ0n) is 6.36. The van der Waals surface area contributed by atoms with Gasteiger partial charge in [0.2, 0.25) is 0 Å². The van der Waals surface area contributed by atoms with Crippen molar-refractivity contribution in [3.8, 4) is 0 Å². The van der Waals surface area contributed by atoms with Gasteiger partial charge in [0.1, 0.15) is 0 Å². The number of carbonyl (C=O) groups is 1. The van der Waals surface area contributed by atoms with Crippen molar-refractivity contribution in [3.63, 3.8) is 0 Å². The zero-order chi connectivity index (χ0) is 8.69. The van der Waals surface area contributed by atoms with Crippen LogP contribution in [-0.2, 0) is 9.53 Å². The molecule has 2 N–H and O–H groups in total. The fourth-order valence-corrected chi connectivity index (χ4v) is 0.316. The number of rotatable bonds is 1.